The molecule has 0 heterocycles. The van der Waals surface area contributed by atoms with Crippen LogP contribution in [0.4, 0.5) is 8.78 Å². The maximum absolute atomic E-state index is 13.6. The zero-order valence-electron chi connectivity index (χ0n) is 11.5. The first kappa shape index (κ1) is 15.6. The van der Waals surface area contributed by atoms with Gasteiger partial charge in [0, 0.05) is 12.8 Å². The fraction of sp³-hybridized carbons (Fsp3) is 0.533. The van der Waals surface area contributed by atoms with Crippen LogP contribution in [0.5, 0.6) is 0 Å². The third-order valence-electron chi connectivity index (χ3n) is 3.06. The summed E-state index contributed by atoms with van der Waals surface area (Å²) < 4.78 is 32.0. The number of hydrogen-bond donors (Lipinski definition) is 0. The number of carbonyl (C=O) groups is 1. The topological polar surface area (TPSA) is 26.3 Å². The van der Waals surface area contributed by atoms with E-state index in [4.69, 9.17) is 4.74 Å². The largest absolute Gasteiger partial charge is 0.462 e. The van der Waals surface area contributed by atoms with Crippen LogP contribution in [0.2, 0.25) is 0 Å². The molecule has 0 N–H and O–H groups in total. The molecule has 0 spiro atoms. The van der Waals surface area contributed by atoms with Crippen molar-refractivity contribution in [2.24, 2.45) is 0 Å². The first-order chi connectivity index (χ1) is 8.95. The van der Waals surface area contributed by atoms with Crippen molar-refractivity contribution in [2.45, 2.75) is 45.5 Å². The van der Waals surface area contributed by atoms with Gasteiger partial charge in [0.25, 0.3) is 5.92 Å². The van der Waals surface area contributed by atoms with Crippen molar-refractivity contribution in [2.75, 3.05) is 6.61 Å². The van der Waals surface area contributed by atoms with Crippen LogP contribution in [0.3, 0.4) is 0 Å². The van der Waals surface area contributed by atoms with Gasteiger partial charge in [-0.05, 0) is 30.9 Å². The van der Waals surface area contributed by atoms with Crippen molar-refractivity contribution in [3.63, 3.8) is 0 Å². The standard InChI is InChI=1S/C15H20F2O2/c1-4-7-11-8-9-15(16,17)10-13(11)12(5-2)14(18)19-6-3/h5,7H,2,4,6,8-10H2,1,3H3/b11-7+,13-12+. The molecule has 0 aliphatic heterocycles. The zero-order chi connectivity index (χ0) is 14.5. The Bertz CT molecular complexity index is 420. The minimum atomic E-state index is -2.76. The van der Waals surface area contributed by atoms with Gasteiger partial charge in [0.2, 0.25) is 0 Å². The number of ether oxygens (including phenoxy) is 1. The fourth-order valence-electron chi connectivity index (χ4n) is 2.21. The minimum Gasteiger partial charge on any atom is -0.462 e. The number of esters is 1. The predicted octanol–water partition coefficient (Wildman–Crippen LogP) is 4.19. The second-order valence-electron chi connectivity index (χ2n) is 4.49. The van der Waals surface area contributed by atoms with E-state index in [1.54, 1.807) is 6.92 Å². The van der Waals surface area contributed by atoms with E-state index >= 15 is 0 Å². The van der Waals surface area contributed by atoms with Gasteiger partial charge in [0.05, 0.1) is 12.2 Å². The van der Waals surface area contributed by atoms with Gasteiger partial charge < -0.3 is 4.74 Å². The molecule has 106 valence electrons. The smallest absolute Gasteiger partial charge is 0.338 e. The molecule has 0 radical (unpaired) electrons. The summed E-state index contributed by atoms with van der Waals surface area (Å²) in [5.74, 6) is -3.34. The van der Waals surface area contributed by atoms with E-state index in [2.05, 4.69) is 6.58 Å². The number of allylic oxidation sites excluding steroid dienone is 3. The Labute approximate surface area is 112 Å². The normalized spacial score (nSPS) is 23.1. The zero-order valence-corrected chi connectivity index (χ0v) is 11.5. The van der Waals surface area contributed by atoms with Crippen molar-refractivity contribution < 1.29 is 18.3 Å². The highest BCUT2D eigenvalue weighted by molar-refractivity contribution is 5.93. The van der Waals surface area contributed by atoms with Gasteiger partial charge in [0.15, 0.2) is 0 Å². The first-order valence-corrected chi connectivity index (χ1v) is 6.55. The van der Waals surface area contributed by atoms with Gasteiger partial charge in [-0.1, -0.05) is 25.7 Å². The lowest BCUT2D eigenvalue weighted by atomic mass is 9.83. The molecular weight excluding hydrogens is 250 g/mol. The SMILES string of the molecule is C=C/C(C(=O)OCC)=C1/CC(F)(F)CC/C1=C\CC. The van der Waals surface area contributed by atoms with Crippen molar-refractivity contribution in [1.29, 1.82) is 0 Å². The van der Waals surface area contributed by atoms with Crippen LogP contribution >= 0.6 is 0 Å². The van der Waals surface area contributed by atoms with Crippen LogP contribution in [-0.2, 0) is 9.53 Å². The van der Waals surface area contributed by atoms with Crippen molar-refractivity contribution in [3.05, 3.63) is 35.5 Å². The summed E-state index contributed by atoms with van der Waals surface area (Å²) in [6.07, 6.45) is 3.66. The molecule has 1 fully saturated rings. The first-order valence-electron chi connectivity index (χ1n) is 6.55. The highest BCUT2D eigenvalue weighted by Gasteiger charge is 2.37. The van der Waals surface area contributed by atoms with E-state index < -0.39 is 18.3 Å². The number of hydrogen-bond acceptors (Lipinski definition) is 2. The Hall–Kier alpha value is -1.45. The van der Waals surface area contributed by atoms with E-state index in [1.807, 2.05) is 13.0 Å². The van der Waals surface area contributed by atoms with Crippen LogP contribution in [0, 0.1) is 0 Å². The van der Waals surface area contributed by atoms with E-state index in [1.165, 1.54) is 6.08 Å². The summed E-state index contributed by atoms with van der Waals surface area (Å²) in [7, 11) is 0. The van der Waals surface area contributed by atoms with E-state index in [0.717, 1.165) is 12.0 Å². The number of alkyl halides is 2. The molecule has 1 aliphatic carbocycles. The molecule has 2 nitrogen and oxygen atoms in total. The number of rotatable bonds is 4. The van der Waals surface area contributed by atoms with Gasteiger partial charge in [-0.15, -0.1) is 0 Å². The average Bonchev–Trinajstić information content (AvgIpc) is 2.33. The monoisotopic (exact) mass is 270 g/mol. The fourth-order valence-corrected chi connectivity index (χ4v) is 2.21. The predicted molar refractivity (Wildman–Crippen MR) is 71.0 cm³/mol. The van der Waals surface area contributed by atoms with E-state index in [-0.39, 0.29) is 25.0 Å². The molecule has 0 aromatic carbocycles. The lowest BCUT2D eigenvalue weighted by molar-refractivity contribution is -0.138. The highest BCUT2D eigenvalue weighted by atomic mass is 19.3. The summed E-state index contributed by atoms with van der Waals surface area (Å²) in [6, 6.07) is 0. The van der Waals surface area contributed by atoms with Crippen LogP contribution in [0.1, 0.15) is 39.5 Å². The molecule has 1 saturated carbocycles. The lowest BCUT2D eigenvalue weighted by Gasteiger charge is -2.27. The molecule has 0 amide bonds. The van der Waals surface area contributed by atoms with Crippen LogP contribution in [-0.4, -0.2) is 18.5 Å². The Kier molecular flexibility index (Phi) is 5.45. The number of halogens is 2. The van der Waals surface area contributed by atoms with Crippen molar-refractivity contribution >= 4 is 5.97 Å². The van der Waals surface area contributed by atoms with E-state index in [0.29, 0.717) is 5.57 Å². The molecule has 1 rings (SSSR count). The molecular formula is C15H20F2O2. The molecule has 19 heavy (non-hydrogen) atoms. The Morgan fingerprint density at radius 2 is 2.16 bits per heavy atom. The Balaban J connectivity index is 3.22. The van der Waals surface area contributed by atoms with Gasteiger partial charge in [-0.2, -0.15) is 0 Å². The summed E-state index contributed by atoms with van der Waals surface area (Å²) in [5, 5.41) is 0. The lowest BCUT2D eigenvalue weighted by Crippen LogP contribution is -2.25. The van der Waals surface area contributed by atoms with Crippen LogP contribution in [0.25, 0.3) is 0 Å². The second kappa shape index (κ2) is 6.64. The molecule has 0 aromatic heterocycles. The van der Waals surface area contributed by atoms with Gasteiger partial charge in [0.1, 0.15) is 0 Å². The van der Waals surface area contributed by atoms with Gasteiger partial charge >= 0.3 is 5.97 Å². The molecule has 0 bridgehead atoms. The average molecular weight is 270 g/mol. The molecule has 4 heteroatoms. The minimum absolute atomic E-state index is 0.168. The van der Waals surface area contributed by atoms with Crippen LogP contribution < -0.4 is 0 Å². The third-order valence-corrected chi connectivity index (χ3v) is 3.06. The quantitative estimate of drug-likeness (QED) is 0.565. The maximum atomic E-state index is 13.6. The van der Waals surface area contributed by atoms with E-state index in [9.17, 15) is 13.6 Å². The highest BCUT2D eigenvalue weighted by Crippen LogP contribution is 2.41. The summed E-state index contributed by atoms with van der Waals surface area (Å²) >= 11 is 0. The molecule has 1 aliphatic rings. The summed E-state index contributed by atoms with van der Waals surface area (Å²) in [6.45, 7) is 7.39. The maximum Gasteiger partial charge on any atom is 0.338 e. The van der Waals surface area contributed by atoms with Crippen molar-refractivity contribution in [3.8, 4) is 0 Å². The molecule has 0 saturated heterocycles. The summed E-state index contributed by atoms with van der Waals surface area (Å²) in [4.78, 5) is 11.8. The van der Waals surface area contributed by atoms with Gasteiger partial charge in [-0.25, -0.2) is 13.6 Å². The van der Waals surface area contributed by atoms with Gasteiger partial charge in [-0.3, -0.25) is 0 Å². The Morgan fingerprint density at radius 3 is 2.68 bits per heavy atom. The molecule has 0 unspecified atom stereocenters. The van der Waals surface area contributed by atoms with Crippen molar-refractivity contribution in [1.82, 2.24) is 0 Å². The molecule has 0 atom stereocenters. The molecule has 0 aromatic rings. The Morgan fingerprint density at radius 1 is 1.47 bits per heavy atom. The summed E-state index contributed by atoms with van der Waals surface area (Å²) in [5.41, 5.74) is 1.36. The number of carbonyl (C=O) groups excluding carboxylic acids is 1. The third kappa shape index (κ3) is 4.01. The van der Waals surface area contributed by atoms with Crippen LogP contribution in [0.15, 0.2) is 35.5 Å². The second-order valence-corrected chi connectivity index (χ2v) is 4.49.